The first-order valence-electron chi connectivity index (χ1n) is 7.17. The summed E-state index contributed by atoms with van der Waals surface area (Å²) in [6, 6.07) is 13.8. The molecule has 2 aromatic rings. The quantitative estimate of drug-likeness (QED) is 0.813. The molecule has 1 aromatic carbocycles. The van der Waals surface area contributed by atoms with Crippen molar-refractivity contribution in [3.63, 3.8) is 0 Å². The Morgan fingerprint density at radius 1 is 1.20 bits per heavy atom. The van der Waals surface area contributed by atoms with Crippen LogP contribution in [0.5, 0.6) is 0 Å². The minimum Gasteiger partial charge on any atom is -0.310 e. The molecule has 0 atom stereocenters. The lowest BCUT2D eigenvalue weighted by atomic mass is 10.2. The van der Waals surface area contributed by atoms with Crippen LogP contribution in [0.25, 0.3) is 0 Å². The average molecular weight is 284 g/mol. The molecule has 1 heterocycles. The van der Waals surface area contributed by atoms with Crippen molar-refractivity contribution in [1.29, 1.82) is 0 Å². The monoisotopic (exact) mass is 284 g/mol. The van der Waals surface area contributed by atoms with E-state index in [-0.39, 0.29) is 0 Å². The van der Waals surface area contributed by atoms with Gasteiger partial charge in [-0.25, -0.2) is 0 Å². The molecule has 3 heteroatoms. The Kier molecular flexibility index (Phi) is 4.38. The second kappa shape index (κ2) is 6.42. The fourth-order valence-corrected chi connectivity index (χ4v) is 3.01. The molecule has 104 valence electrons. The molecule has 0 unspecified atom stereocenters. The van der Waals surface area contributed by atoms with Gasteiger partial charge in [-0.15, -0.1) is 11.8 Å². The van der Waals surface area contributed by atoms with E-state index in [2.05, 4.69) is 47.6 Å². The number of rotatable bonds is 6. The molecule has 1 aliphatic rings. The Balaban J connectivity index is 1.53. The summed E-state index contributed by atoms with van der Waals surface area (Å²) in [4.78, 5) is 5.75. The normalized spacial score (nSPS) is 14.4. The average Bonchev–Trinajstić information content (AvgIpc) is 3.30. The van der Waals surface area contributed by atoms with Gasteiger partial charge in [0.05, 0.1) is 5.69 Å². The highest BCUT2D eigenvalue weighted by molar-refractivity contribution is 7.98. The molecule has 0 spiro atoms. The highest BCUT2D eigenvalue weighted by Crippen LogP contribution is 2.24. The van der Waals surface area contributed by atoms with Crippen LogP contribution < -0.4 is 5.32 Å². The highest BCUT2D eigenvalue weighted by atomic mass is 32.2. The molecule has 2 nitrogen and oxygen atoms in total. The third-order valence-corrected chi connectivity index (χ3v) is 4.61. The van der Waals surface area contributed by atoms with Gasteiger partial charge in [0, 0.05) is 29.4 Å². The van der Waals surface area contributed by atoms with Gasteiger partial charge in [0.2, 0.25) is 0 Å². The number of aromatic nitrogens is 1. The SMILES string of the molecule is Cc1cccnc1CSc1ccc(CNC2CC2)cc1. The van der Waals surface area contributed by atoms with Crippen LogP contribution in [-0.4, -0.2) is 11.0 Å². The molecule has 20 heavy (non-hydrogen) atoms. The maximum Gasteiger partial charge on any atom is 0.0535 e. The van der Waals surface area contributed by atoms with Gasteiger partial charge in [0.25, 0.3) is 0 Å². The number of hydrogen-bond acceptors (Lipinski definition) is 3. The summed E-state index contributed by atoms with van der Waals surface area (Å²) in [5.41, 5.74) is 3.82. The van der Waals surface area contributed by atoms with Crippen LogP contribution in [0.1, 0.15) is 29.7 Å². The summed E-state index contributed by atoms with van der Waals surface area (Å²) in [7, 11) is 0. The smallest absolute Gasteiger partial charge is 0.0535 e. The van der Waals surface area contributed by atoms with Crippen molar-refractivity contribution in [2.45, 2.75) is 43.0 Å². The molecule has 0 saturated heterocycles. The zero-order valence-electron chi connectivity index (χ0n) is 11.8. The first-order chi connectivity index (χ1) is 9.81. The Morgan fingerprint density at radius 3 is 2.70 bits per heavy atom. The van der Waals surface area contributed by atoms with Gasteiger partial charge in [0.1, 0.15) is 0 Å². The topological polar surface area (TPSA) is 24.9 Å². The van der Waals surface area contributed by atoms with Crippen LogP contribution in [0.3, 0.4) is 0 Å². The van der Waals surface area contributed by atoms with Gasteiger partial charge in [-0.3, -0.25) is 4.98 Å². The van der Waals surface area contributed by atoms with Crippen molar-refractivity contribution < 1.29 is 0 Å². The Morgan fingerprint density at radius 2 is 2.00 bits per heavy atom. The van der Waals surface area contributed by atoms with E-state index >= 15 is 0 Å². The molecule has 1 aliphatic carbocycles. The molecule has 0 bridgehead atoms. The van der Waals surface area contributed by atoms with Crippen molar-refractivity contribution >= 4 is 11.8 Å². The molecule has 0 aliphatic heterocycles. The van der Waals surface area contributed by atoms with Crippen LogP contribution in [0.15, 0.2) is 47.5 Å². The first kappa shape index (κ1) is 13.7. The molecule has 1 N–H and O–H groups in total. The number of nitrogens with one attached hydrogen (secondary N) is 1. The number of pyridine rings is 1. The van der Waals surface area contributed by atoms with Crippen LogP contribution >= 0.6 is 11.8 Å². The lowest BCUT2D eigenvalue weighted by Gasteiger charge is -2.06. The summed E-state index contributed by atoms with van der Waals surface area (Å²) >= 11 is 1.85. The van der Waals surface area contributed by atoms with E-state index < -0.39 is 0 Å². The predicted molar refractivity (Wildman–Crippen MR) is 84.8 cm³/mol. The molecular weight excluding hydrogens is 264 g/mol. The van der Waals surface area contributed by atoms with E-state index in [1.165, 1.54) is 34.6 Å². The lowest BCUT2D eigenvalue weighted by Crippen LogP contribution is -2.14. The third-order valence-electron chi connectivity index (χ3n) is 3.59. The zero-order chi connectivity index (χ0) is 13.8. The fourth-order valence-electron chi connectivity index (χ4n) is 2.07. The molecule has 1 fully saturated rings. The highest BCUT2D eigenvalue weighted by Gasteiger charge is 2.19. The van der Waals surface area contributed by atoms with Crippen molar-refractivity contribution in [2.75, 3.05) is 0 Å². The second-order valence-electron chi connectivity index (χ2n) is 5.35. The van der Waals surface area contributed by atoms with Crippen molar-refractivity contribution in [2.24, 2.45) is 0 Å². The maximum absolute atomic E-state index is 4.44. The van der Waals surface area contributed by atoms with Gasteiger partial charge in [0.15, 0.2) is 0 Å². The summed E-state index contributed by atoms with van der Waals surface area (Å²) in [6.45, 7) is 3.12. The van der Waals surface area contributed by atoms with Crippen LogP contribution in [0, 0.1) is 6.92 Å². The number of thioether (sulfide) groups is 1. The molecule has 0 radical (unpaired) electrons. The van der Waals surface area contributed by atoms with Crippen LogP contribution in [0.4, 0.5) is 0 Å². The third kappa shape index (κ3) is 3.84. The Labute approximate surface area is 125 Å². The lowest BCUT2D eigenvalue weighted by molar-refractivity contribution is 0.687. The van der Waals surface area contributed by atoms with Crippen molar-refractivity contribution in [1.82, 2.24) is 10.3 Å². The minimum atomic E-state index is 0.774. The summed E-state index contributed by atoms with van der Waals surface area (Å²) in [5.74, 6) is 0.937. The molecule has 1 saturated carbocycles. The summed E-state index contributed by atoms with van der Waals surface area (Å²) < 4.78 is 0. The standard InChI is InChI=1S/C17H20N2S/c1-13-3-2-10-18-17(13)12-20-16-8-4-14(5-9-16)11-19-15-6-7-15/h2-5,8-10,15,19H,6-7,11-12H2,1H3. The fraction of sp³-hybridized carbons (Fsp3) is 0.353. The van der Waals surface area contributed by atoms with Crippen molar-refractivity contribution in [3.05, 3.63) is 59.4 Å². The minimum absolute atomic E-state index is 0.774. The van der Waals surface area contributed by atoms with E-state index in [1.807, 2.05) is 24.0 Å². The molecular formula is C17H20N2S. The van der Waals surface area contributed by atoms with Crippen LogP contribution in [-0.2, 0) is 12.3 Å². The van der Waals surface area contributed by atoms with Gasteiger partial charge in [-0.2, -0.15) is 0 Å². The van der Waals surface area contributed by atoms with E-state index in [9.17, 15) is 0 Å². The Hall–Kier alpha value is -1.32. The largest absolute Gasteiger partial charge is 0.310 e. The maximum atomic E-state index is 4.44. The number of hydrogen-bond donors (Lipinski definition) is 1. The van der Waals surface area contributed by atoms with E-state index in [1.54, 1.807) is 0 Å². The number of benzene rings is 1. The molecule has 3 rings (SSSR count). The zero-order valence-corrected chi connectivity index (χ0v) is 12.6. The second-order valence-corrected chi connectivity index (χ2v) is 6.40. The predicted octanol–water partition coefficient (Wildman–Crippen LogP) is 3.93. The Bertz CT molecular complexity index is 561. The molecule has 0 amide bonds. The van der Waals surface area contributed by atoms with Gasteiger partial charge in [-0.1, -0.05) is 18.2 Å². The van der Waals surface area contributed by atoms with Gasteiger partial charge < -0.3 is 5.32 Å². The summed E-state index contributed by atoms with van der Waals surface area (Å²) in [5, 5.41) is 3.54. The van der Waals surface area contributed by atoms with E-state index in [0.29, 0.717) is 0 Å². The number of nitrogens with zero attached hydrogens (tertiary/aromatic N) is 1. The van der Waals surface area contributed by atoms with E-state index in [4.69, 9.17) is 0 Å². The van der Waals surface area contributed by atoms with Crippen molar-refractivity contribution in [3.8, 4) is 0 Å². The van der Waals surface area contributed by atoms with Gasteiger partial charge >= 0.3 is 0 Å². The first-order valence-corrected chi connectivity index (χ1v) is 8.15. The van der Waals surface area contributed by atoms with Crippen LogP contribution in [0.2, 0.25) is 0 Å². The molecule has 1 aromatic heterocycles. The van der Waals surface area contributed by atoms with E-state index in [0.717, 1.165) is 18.3 Å². The van der Waals surface area contributed by atoms with Gasteiger partial charge in [-0.05, 0) is 49.1 Å². The summed E-state index contributed by atoms with van der Waals surface area (Å²) in [6.07, 6.45) is 4.56. The number of aryl methyl sites for hydroxylation is 1.